The number of nitrogens with zero attached hydrogens (tertiary/aromatic N) is 2. The molecule has 0 aliphatic carbocycles. The molecular formula is C20H27N3O. The van der Waals surface area contributed by atoms with E-state index in [9.17, 15) is 4.79 Å². The van der Waals surface area contributed by atoms with Gasteiger partial charge >= 0.3 is 0 Å². The normalized spacial score (nSPS) is 10.7. The smallest absolute Gasteiger partial charge is 0.238 e. The molecule has 0 atom stereocenters. The lowest BCUT2D eigenvalue weighted by molar-refractivity contribution is -0.117. The molecule has 2 aromatic carbocycles. The zero-order valence-corrected chi connectivity index (χ0v) is 15.0. The van der Waals surface area contributed by atoms with Crippen molar-refractivity contribution in [2.45, 2.75) is 20.4 Å². The van der Waals surface area contributed by atoms with E-state index in [1.807, 2.05) is 45.3 Å². The summed E-state index contributed by atoms with van der Waals surface area (Å²) in [7, 11) is 4.06. The molecule has 0 saturated carbocycles. The Bertz CT molecular complexity index is 648. The number of carbonyl (C=O) groups is 1. The number of benzene rings is 2. The molecule has 0 fully saturated rings. The summed E-state index contributed by atoms with van der Waals surface area (Å²) >= 11 is 0. The van der Waals surface area contributed by atoms with Crippen molar-refractivity contribution in [3.05, 3.63) is 59.7 Å². The molecule has 1 amide bonds. The third-order valence-corrected chi connectivity index (χ3v) is 4.01. The lowest BCUT2D eigenvalue weighted by atomic mass is 10.2. The third kappa shape index (κ3) is 5.39. The minimum Gasteiger partial charge on any atom is -0.378 e. The van der Waals surface area contributed by atoms with E-state index in [2.05, 4.69) is 46.3 Å². The summed E-state index contributed by atoms with van der Waals surface area (Å²) < 4.78 is 0. The fraction of sp³-hybridized carbons (Fsp3) is 0.350. The number of hydrogen-bond acceptors (Lipinski definition) is 3. The zero-order valence-electron chi connectivity index (χ0n) is 15.0. The summed E-state index contributed by atoms with van der Waals surface area (Å²) in [6, 6.07) is 16.3. The van der Waals surface area contributed by atoms with Gasteiger partial charge in [0, 0.05) is 32.0 Å². The highest BCUT2D eigenvalue weighted by Gasteiger charge is 2.10. The molecule has 128 valence electrons. The van der Waals surface area contributed by atoms with Gasteiger partial charge in [0.2, 0.25) is 5.91 Å². The van der Waals surface area contributed by atoms with Gasteiger partial charge in [0.1, 0.15) is 0 Å². The Morgan fingerprint density at radius 3 is 2.17 bits per heavy atom. The standard InChI is InChI=1S/C20H27N3O/c1-5-23(14-17-8-12-19(13-9-17)22(3)4)15-20(24)21-18-10-6-16(2)7-11-18/h6-13H,5,14-15H2,1-4H3,(H,21,24). The lowest BCUT2D eigenvalue weighted by Crippen LogP contribution is -2.32. The lowest BCUT2D eigenvalue weighted by Gasteiger charge is -2.20. The summed E-state index contributed by atoms with van der Waals surface area (Å²) in [4.78, 5) is 16.5. The van der Waals surface area contributed by atoms with Crippen molar-refractivity contribution in [1.82, 2.24) is 4.90 Å². The van der Waals surface area contributed by atoms with Gasteiger partial charge in [-0.05, 0) is 43.3 Å². The van der Waals surface area contributed by atoms with Gasteiger partial charge in [0.25, 0.3) is 0 Å². The van der Waals surface area contributed by atoms with Gasteiger partial charge in [0.15, 0.2) is 0 Å². The van der Waals surface area contributed by atoms with E-state index in [1.54, 1.807) is 0 Å². The molecule has 0 aliphatic rings. The van der Waals surface area contributed by atoms with Crippen molar-refractivity contribution < 1.29 is 4.79 Å². The van der Waals surface area contributed by atoms with Crippen molar-refractivity contribution in [3.8, 4) is 0 Å². The quantitative estimate of drug-likeness (QED) is 0.846. The number of anilines is 2. The topological polar surface area (TPSA) is 35.6 Å². The highest BCUT2D eigenvalue weighted by Crippen LogP contribution is 2.14. The molecule has 0 radical (unpaired) electrons. The van der Waals surface area contributed by atoms with Crippen molar-refractivity contribution in [2.75, 3.05) is 37.4 Å². The van der Waals surface area contributed by atoms with Crippen LogP contribution >= 0.6 is 0 Å². The van der Waals surface area contributed by atoms with E-state index < -0.39 is 0 Å². The second-order valence-corrected chi connectivity index (χ2v) is 6.28. The molecule has 0 aliphatic heterocycles. The first-order valence-corrected chi connectivity index (χ1v) is 8.33. The minimum atomic E-state index is 0.0191. The number of amides is 1. The van der Waals surface area contributed by atoms with E-state index >= 15 is 0 Å². The Morgan fingerprint density at radius 2 is 1.62 bits per heavy atom. The molecule has 1 N–H and O–H groups in total. The fourth-order valence-corrected chi connectivity index (χ4v) is 2.48. The van der Waals surface area contributed by atoms with Gasteiger partial charge in [-0.2, -0.15) is 0 Å². The second kappa shape index (κ2) is 8.50. The first-order valence-electron chi connectivity index (χ1n) is 8.33. The number of aryl methyl sites for hydroxylation is 1. The molecule has 0 saturated heterocycles. The average molecular weight is 325 g/mol. The van der Waals surface area contributed by atoms with Crippen molar-refractivity contribution in [2.24, 2.45) is 0 Å². The van der Waals surface area contributed by atoms with Crippen LogP contribution in [-0.4, -0.2) is 38.0 Å². The molecule has 2 aromatic rings. The van der Waals surface area contributed by atoms with Crippen LogP contribution in [0, 0.1) is 6.92 Å². The van der Waals surface area contributed by atoms with E-state index in [-0.39, 0.29) is 5.91 Å². The first kappa shape index (κ1) is 18.0. The first-order chi connectivity index (χ1) is 11.5. The van der Waals surface area contributed by atoms with Gasteiger partial charge in [-0.25, -0.2) is 0 Å². The van der Waals surface area contributed by atoms with E-state index in [0.29, 0.717) is 6.54 Å². The maximum absolute atomic E-state index is 12.2. The Kier molecular flexibility index (Phi) is 6.38. The fourth-order valence-electron chi connectivity index (χ4n) is 2.48. The SMILES string of the molecule is CCN(CC(=O)Nc1ccc(C)cc1)Cc1ccc(N(C)C)cc1. The van der Waals surface area contributed by atoms with Gasteiger partial charge in [0.05, 0.1) is 6.54 Å². The Hall–Kier alpha value is -2.33. The van der Waals surface area contributed by atoms with Crippen molar-refractivity contribution in [3.63, 3.8) is 0 Å². The van der Waals surface area contributed by atoms with E-state index in [0.717, 1.165) is 18.8 Å². The summed E-state index contributed by atoms with van der Waals surface area (Å²) in [6.07, 6.45) is 0. The number of carbonyl (C=O) groups excluding carboxylic acids is 1. The molecule has 4 heteroatoms. The number of rotatable bonds is 7. The van der Waals surface area contributed by atoms with Crippen LogP contribution in [0.3, 0.4) is 0 Å². The van der Waals surface area contributed by atoms with Crippen LogP contribution in [-0.2, 0) is 11.3 Å². The molecule has 0 spiro atoms. The summed E-state index contributed by atoms with van der Waals surface area (Å²) in [5.41, 5.74) is 4.42. The Labute approximate surface area is 145 Å². The van der Waals surface area contributed by atoms with Crippen LogP contribution in [0.25, 0.3) is 0 Å². The molecule has 0 heterocycles. The molecule has 0 unspecified atom stereocenters. The molecule has 0 aromatic heterocycles. The summed E-state index contributed by atoms with van der Waals surface area (Å²) in [5.74, 6) is 0.0191. The van der Waals surface area contributed by atoms with Crippen LogP contribution in [0.5, 0.6) is 0 Å². The number of likely N-dealkylation sites (N-methyl/N-ethyl adjacent to an activating group) is 1. The van der Waals surface area contributed by atoms with Gasteiger partial charge < -0.3 is 10.2 Å². The van der Waals surface area contributed by atoms with Gasteiger partial charge in [-0.3, -0.25) is 9.69 Å². The van der Waals surface area contributed by atoms with Crippen molar-refractivity contribution >= 4 is 17.3 Å². The van der Waals surface area contributed by atoms with Gasteiger partial charge in [-0.1, -0.05) is 36.8 Å². The molecule has 0 bridgehead atoms. The maximum Gasteiger partial charge on any atom is 0.238 e. The van der Waals surface area contributed by atoms with Crippen LogP contribution in [0.15, 0.2) is 48.5 Å². The van der Waals surface area contributed by atoms with Crippen LogP contribution in [0.4, 0.5) is 11.4 Å². The summed E-state index contributed by atoms with van der Waals surface area (Å²) in [6.45, 7) is 6.10. The predicted octanol–water partition coefficient (Wildman–Crippen LogP) is 3.52. The third-order valence-electron chi connectivity index (χ3n) is 4.01. The van der Waals surface area contributed by atoms with E-state index in [1.165, 1.54) is 16.8 Å². The molecule has 4 nitrogen and oxygen atoms in total. The largest absolute Gasteiger partial charge is 0.378 e. The van der Waals surface area contributed by atoms with Gasteiger partial charge in [-0.15, -0.1) is 0 Å². The molecule has 24 heavy (non-hydrogen) atoms. The highest BCUT2D eigenvalue weighted by molar-refractivity contribution is 5.92. The average Bonchev–Trinajstić information content (AvgIpc) is 2.56. The monoisotopic (exact) mass is 325 g/mol. The van der Waals surface area contributed by atoms with Crippen LogP contribution < -0.4 is 10.2 Å². The maximum atomic E-state index is 12.2. The Balaban J connectivity index is 1.91. The molecular weight excluding hydrogens is 298 g/mol. The highest BCUT2D eigenvalue weighted by atomic mass is 16.2. The van der Waals surface area contributed by atoms with Crippen LogP contribution in [0.2, 0.25) is 0 Å². The second-order valence-electron chi connectivity index (χ2n) is 6.28. The Morgan fingerprint density at radius 1 is 1.00 bits per heavy atom. The van der Waals surface area contributed by atoms with E-state index in [4.69, 9.17) is 0 Å². The zero-order chi connectivity index (χ0) is 17.5. The number of hydrogen-bond donors (Lipinski definition) is 1. The number of nitrogens with one attached hydrogen (secondary N) is 1. The minimum absolute atomic E-state index is 0.0191. The summed E-state index contributed by atoms with van der Waals surface area (Å²) in [5, 5.41) is 2.96. The van der Waals surface area contributed by atoms with Crippen LogP contribution in [0.1, 0.15) is 18.1 Å². The van der Waals surface area contributed by atoms with Crippen molar-refractivity contribution in [1.29, 1.82) is 0 Å². The molecule has 2 rings (SSSR count). The predicted molar refractivity (Wildman–Crippen MR) is 102 cm³/mol.